The molecule has 1 aliphatic heterocycles. The van der Waals surface area contributed by atoms with Gasteiger partial charge in [0.2, 0.25) is 0 Å². The Hall–Kier alpha value is -1.63. The fourth-order valence-corrected chi connectivity index (χ4v) is 1.93. The molecule has 1 aromatic rings. The fraction of sp³-hybridized carbons (Fsp3) is 0.769. The molecular formula is C13H22N4O3. The van der Waals surface area contributed by atoms with Crippen LogP contribution in [0.3, 0.4) is 0 Å². The number of ether oxygens (including phenoxy) is 2. The van der Waals surface area contributed by atoms with E-state index in [1.54, 1.807) is 11.0 Å². The number of carbonyl (C=O) groups is 1. The van der Waals surface area contributed by atoms with Gasteiger partial charge in [0.05, 0.1) is 6.54 Å². The molecule has 1 N–H and O–H groups in total. The highest BCUT2D eigenvalue weighted by molar-refractivity contribution is 5.67. The van der Waals surface area contributed by atoms with E-state index in [4.69, 9.17) is 9.47 Å². The zero-order chi connectivity index (χ0) is 14.6. The van der Waals surface area contributed by atoms with Gasteiger partial charge in [0.15, 0.2) is 12.1 Å². The van der Waals surface area contributed by atoms with Gasteiger partial charge in [-0.05, 0) is 40.0 Å². The first kappa shape index (κ1) is 14.8. The summed E-state index contributed by atoms with van der Waals surface area (Å²) in [7, 11) is 0. The predicted octanol–water partition coefficient (Wildman–Crippen LogP) is 2.00. The maximum absolute atomic E-state index is 11.5. The van der Waals surface area contributed by atoms with Gasteiger partial charge >= 0.3 is 6.09 Å². The first-order chi connectivity index (χ1) is 9.44. The van der Waals surface area contributed by atoms with E-state index >= 15 is 0 Å². The molecule has 112 valence electrons. The van der Waals surface area contributed by atoms with E-state index in [9.17, 15) is 4.79 Å². The van der Waals surface area contributed by atoms with Crippen LogP contribution < -0.4 is 5.32 Å². The molecule has 2 rings (SSSR count). The SMILES string of the molecule is CC(C)(C)OC(=O)NCc1ncn(C2CCCCO2)n1. The lowest BCUT2D eigenvalue weighted by Gasteiger charge is -2.22. The second-order valence-electron chi connectivity index (χ2n) is 5.82. The minimum atomic E-state index is -0.507. The number of hydrogen-bond acceptors (Lipinski definition) is 5. The summed E-state index contributed by atoms with van der Waals surface area (Å²) in [6, 6.07) is 0. The van der Waals surface area contributed by atoms with Crippen LogP contribution in [0, 0.1) is 0 Å². The Morgan fingerprint density at radius 1 is 1.55 bits per heavy atom. The fourth-order valence-electron chi connectivity index (χ4n) is 1.93. The molecule has 1 aliphatic rings. The zero-order valence-corrected chi connectivity index (χ0v) is 12.3. The van der Waals surface area contributed by atoms with E-state index in [0.717, 1.165) is 25.9 Å². The van der Waals surface area contributed by atoms with E-state index in [0.29, 0.717) is 5.82 Å². The Kier molecular flexibility index (Phi) is 4.59. The highest BCUT2D eigenvalue weighted by atomic mass is 16.6. The highest BCUT2D eigenvalue weighted by Gasteiger charge is 2.18. The lowest BCUT2D eigenvalue weighted by molar-refractivity contribution is -0.0398. The number of rotatable bonds is 3. The van der Waals surface area contributed by atoms with Crippen molar-refractivity contribution in [2.45, 2.75) is 58.4 Å². The Bertz CT molecular complexity index is 447. The van der Waals surface area contributed by atoms with Crippen LogP contribution in [-0.4, -0.2) is 33.1 Å². The van der Waals surface area contributed by atoms with Gasteiger partial charge in [0.1, 0.15) is 11.9 Å². The average molecular weight is 282 g/mol. The van der Waals surface area contributed by atoms with E-state index in [-0.39, 0.29) is 12.8 Å². The molecule has 1 fully saturated rings. The van der Waals surface area contributed by atoms with E-state index in [1.807, 2.05) is 20.8 Å². The molecule has 20 heavy (non-hydrogen) atoms. The maximum Gasteiger partial charge on any atom is 0.408 e. The van der Waals surface area contributed by atoms with Crippen LogP contribution in [0.5, 0.6) is 0 Å². The van der Waals surface area contributed by atoms with Gasteiger partial charge in [0.25, 0.3) is 0 Å². The van der Waals surface area contributed by atoms with Crippen molar-refractivity contribution in [3.05, 3.63) is 12.2 Å². The summed E-state index contributed by atoms with van der Waals surface area (Å²) in [5.41, 5.74) is -0.507. The van der Waals surface area contributed by atoms with Crippen LogP contribution in [0.4, 0.5) is 4.79 Å². The van der Waals surface area contributed by atoms with Gasteiger partial charge in [-0.2, -0.15) is 5.10 Å². The lowest BCUT2D eigenvalue weighted by atomic mass is 10.2. The number of nitrogens with zero attached hydrogens (tertiary/aromatic N) is 3. The number of aromatic nitrogens is 3. The van der Waals surface area contributed by atoms with Crippen molar-refractivity contribution in [1.82, 2.24) is 20.1 Å². The Morgan fingerprint density at radius 3 is 3.00 bits per heavy atom. The second kappa shape index (κ2) is 6.21. The number of hydrogen-bond donors (Lipinski definition) is 1. The largest absolute Gasteiger partial charge is 0.444 e. The Morgan fingerprint density at radius 2 is 2.35 bits per heavy atom. The molecule has 0 spiro atoms. The van der Waals surface area contributed by atoms with Crippen LogP contribution in [-0.2, 0) is 16.0 Å². The van der Waals surface area contributed by atoms with Crippen molar-refractivity contribution >= 4 is 6.09 Å². The van der Waals surface area contributed by atoms with Crippen molar-refractivity contribution in [3.63, 3.8) is 0 Å². The minimum Gasteiger partial charge on any atom is -0.444 e. The number of amides is 1. The van der Waals surface area contributed by atoms with E-state index < -0.39 is 11.7 Å². The lowest BCUT2D eigenvalue weighted by Crippen LogP contribution is -2.32. The maximum atomic E-state index is 11.5. The molecule has 1 amide bonds. The number of carbonyl (C=O) groups excluding carboxylic acids is 1. The Balaban J connectivity index is 1.82. The molecular weight excluding hydrogens is 260 g/mol. The third kappa shape index (κ3) is 4.48. The number of alkyl carbamates (subject to hydrolysis) is 1. The summed E-state index contributed by atoms with van der Waals surface area (Å²) in [4.78, 5) is 15.7. The van der Waals surface area contributed by atoms with E-state index in [2.05, 4.69) is 15.4 Å². The molecule has 0 aromatic carbocycles. The van der Waals surface area contributed by atoms with Crippen molar-refractivity contribution in [2.75, 3.05) is 6.61 Å². The van der Waals surface area contributed by atoms with E-state index in [1.165, 1.54) is 0 Å². The van der Waals surface area contributed by atoms with Crippen LogP contribution >= 0.6 is 0 Å². The molecule has 0 aliphatic carbocycles. The quantitative estimate of drug-likeness (QED) is 0.917. The van der Waals surface area contributed by atoms with Gasteiger partial charge < -0.3 is 14.8 Å². The van der Waals surface area contributed by atoms with Gasteiger partial charge in [-0.1, -0.05) is 0 Å². The molecule has 7 heteroatoms. The predicted molar refractivity (Wildman–Crippen MR) is 71.9 cm³/mol. The third-order valence-corrected chi connectivity index (χ3v) is 2.80. The van der Waals surface area contributed by atoms with Gasteiger partial charge in [-0.3, -0.25) is 0 Å². The summed E-state index contributed by atoms with van der Waals surface area (Å²) in [5, 5.41) is 6.94. The topological polar surface area (TPSA) is 78.3 Å². The normalized spacial score (nSPS) is 19.6. The smallest absolute Gasteiger partial charge is 0.408 e. The second-order valence-corrected chi connectivity index (χ2v) is 5.82. The molecule has 7 nitrogen and oxygen atoms in total. The van der Waals surface area contributed by atoms with Crippen LogP contribution in [0.15, 0.2) is 6.33 Å². The third-order valence-electron chi connectivity index (χ3n) is 2.80. The van der Waals surface area contributed by atoms with Gasteiger partial charge in [-0.25, -0.2) is 14.5 Å². The molecule has 1 aromatic heterocycles. The molecule has 1 atom stereocenters. The van der Waals surface area contributed by atoms with Crippen LogP contribution in [0.1, 0.15) is 52.1 Å². The molecule has 0 saturated carbocycles. The monoisotopic (exact) mass is 282 g/mol. The van der Waals surface area contributed by atoms with Crippen LogP contribution in [0.2, 0.25) is 0 Å². The summed E-state index contributed by atoms with van der Waals surface area (Å²) < 4.78 is 12.5. The summed E-state index contributed by atoms with van der Waals surface area (Å²) in [6.45, 7) is 6.46. The standard InChI is InChI=1S/C13H22N4O3/c1-13(2,3)20-12(18)14-8-10-15-9-17(16-10)11-6-4-5-7-19-11/h9,11H,4-8H2,1-3H3,(H,14,18). The first-order valence-electron chi connectivity index (χ1n) is 6.92. The molecule has 1 unspecified atom stereocenters. The summed E-state index contributed by atoms with van der Waals surface area (Å²) in [6.07, 6.45) is 4.31. The van der Waals surface area contributed by atoms with Crippen molar-refractivity contribution in [3.8, 4) is 0 Å². The molecule has 0 radical (unpaired) electrons. The molecule has 0 bridgehead atoms. The molecule has 1 saturated heterocycles. The van der Waals surface area contributed by atoms with Gasteiger partial charge in [0, 0.05) is 6.61 Å². The molecule has 2 heterocycles. The summed E-state index contributed by atoms with van der Waals surface area (Å²) in [5.74, 6) is 0.546. The highest BCUT2D eigenvalue weighted by Crippen LogP contribution is 2.20. The number of nitrogens with one attached hydrogen (secondary N) is 1. The summed E-state index contributed by atoms with van der Waals surface area (Å²) >= 11 is 0. The van der Waals surface area contributed by atoms with Crippen LogP contribution in [0.25, 0.3) is 0 Å². The average Bonchev–Trinajstić information content (AvgIpc) is 2.84. The van der Waals surface area contributed by atoms with Crippen molar-refractivity contribution in [2.24, 2.45) is 0 Å². The van der Waals surface area contributed by atoms with Crippen molar-refractivity contribution < 1.29 is 14.3 Å². The minimum absolute atomic E-state index is 0.0356. The zero-order valence-electron chi connectivity index (χ0n) is 12.3. The first-order valence-corrected chi connectivity index (χ1v) is 6.92. The Labute approximate surface area is 118 Å². The van der Waals surface area contributed by atoms with Gasteiger partial charge in [-0.15, -0.1) is 0 Å². The van der Waals surface area contributed by atoms with Crippen molar-refractivity contribution in [1.29, 1.82) is 0 Å².